The molecule has 0 fully saturated rings. The fourth-order valence-electron chi connectivity index (χ4n) is 0.891. The number of benzene rings is 1. The molecule has 3 nitrogen and oxygen atoms in total. The van der Waals surface area contributed by atoms with Gasteiger partial charge in [0, 0.05) is 0 Å². The average Bonchev–Trinajstić information content (AvgIpc) is 2.15. The van der Waals surface area contributed by atoms with E-state index in [0.717, 1.165) is 11.1 Å². The van der Waals surface area contributed by atoms with Crippen molar-refractivity contribution in [2.24, 2.45) is 0 Å². The number of hydrogen-bond acceptors (Lipinski definition) is 3. The van der Waals surface area contributed by atoms with Crippen LogP contribution in [0.25, 0.3) is 5.57 Å². The van der Waals surface area contributed by atoms with Crippen LogP contribution in [0.5, 0.6) is 0 Å². The lowest BCUT2D eigenvalue weighted by Gasteiger charge is -1.98. The molecule has 0 bridgehead atoms. The molecule has 13 heavy (non-hydrogen) atoms. The van der Waals surface area contributed by atoms with Crippen LogP contribution in [-0.2, 0) is 15.2 Å². The maximum absolute atomic E-state index is 10.1. The Labute approximate surface area is 78.8 Å². The van der Waals surface area contributed by atoms with Crippen LogP contribution in [0.15, 0.2) is 36.6 Å². The quantitative estimate of drug-likeness (QED) is 0.592. The SMILES string of the molecule is CC(=CO[SH](=O)=O)c1ccccc1. The van der Waals surface area contributed by atoms with Gasteiger partial charge < -0.3 is 4.18 Å². The summed E-state index contributed by atoms with van der Waals surface area (Å²) in [5.74, 6) is 0. The summed E-state index contributed by atoms with van der Waals surface area (Å²) in [6.07, 6.45) is 1.22. The minimum atomic E-state index is -2.80. The van der Waals surface area contributed by atoms with Crippen molar-refractivity contribution >= 4 is 16.6 Å². The highest BCUT2D eigenvalue weighted by Crippen LogP contribution is 2.12. The molecule has 0 aliphatic heterocycles. The molecule has 0 aromatic heterocycles. The highest BCUT2D eigenvalue weighted by molar-refractivity contribution is 7.67. The van der Waals surface area contributed by atoms with Crippen molar-refractivity contribution in [3.05, 3.63) is 42.2 Å². The van der Waals surface area contributed by atoms with Crippen molar-refractivity contribution in [1.82, 2.24) is 0 Å². The zero-order valence-electron chi connectivity index (χ0n) is 7.14. The number of rotatable bonds is 3. The van der Waals surface area contributed by atoms with E-state index in [9.17, 15) is 8.42 Å². The molecular formula is C9H10O3S. The molecule has 1 aromatic rings. The highest BCUT2D eigenvalue weighted by Gasteiger charge is 1.93. The summed E-state index contributed by atoms with van der Waals surface area (Å²) in [4.78, 5) is 0. The lowest BCUT2D eigenvalue weighted by Crippen LogP contribution is -1.82. The molecule has 0 N–H and O–H groups in total. The van der Waals surface area contributed by atoms with Crippen LogP contribution in [-0.4, -0.2) is 8.42 Å². The third-order valence-electron chi connectivity index (χ3n) is 1.54. The predicted molar refractivity (Wildman–Crippen MR) is 51.5 cm³/mol. The molecule has 4 heteroatoms. The lowest BCUT2D eigenvalue weighted by molar-refractivity contribution is 0.468. The monoisotopic (exact) mass is 198 g/mol. The second-order valence-corrected chi connectivity index (χ2v) is 3.15. The van der Waals surface area contributed by atoms with Gasteiger partial charge in [0.25, 0.3) is 11.0 Å². The van der Waals surface area contributed by atoms with Gasteiger partial charge in [-0.3, -0.25) is 0 Å². The van der Waals surface area contributed by atoms with Gasteiger partial charge in [0.15, 0.2) is 0 Å². The van der Waals surface area contributed by atoms with Gasteiger partial charge in [-0.15, -0.1) is 0 Å². The fraction of sp³-hybridized carbons (Fsp3) is 0.111. The van der Waals surface area contributed by atoms with Crippen molar-refractivity contribution in [3.63, 3.8) is 0 Å². The summed E-state index contributed by atoms with van der Waals surface area (Å²) in [6, 6.07) is 9.42. The van der Waals surface area contributed by atoms with E-state index in [2.05, 4.69) is 4.18 Å². The first-order chi connectivity index (χ1) is 6.20. The first-order valence-electron chi connectivity index (χ1n) is 3.73. The first-order valence-corrected chi connectivity index (χ1v) is 4.83. The number of allylic oxidation sites excluding steroid dienone is 1. The van der Waals surface area contributed by atoms with Crippen molar-refractivity contribution < 1.29 is 12.6 Å². The Balaban J connectivity index is 2.79. The highest BCUT2D eigenvalue weighted by atomic mass is 32.2. The number of hydrogen-bond donors (Lipinski definition) is 1. The largest absolute Gasteiger partial charge is 0.392 e. The molecule has 0 aliphatic rings. The van der Waals surface area contributed by atoms with Crippen molar-refractivity contribution in [2.45, 2.75) is 6.92 Å². The lowest BCUT2D eigenvalue weighted by atomic mass is 10.1. The van der Waals surface area contributed by atoms with E-state index >= 15 is 0 Å². The smallest absolute Gasteiger partial charge is 0.298 e. The van der Waals surface area contributed by atoms with Crippen LogP contribution in [0, 0.1) is 0 Å². The van der Waals surface area contributed by atoms with Gasteiger partial charge >= 0.3 is 0 Å². The molecule has 0 heterocycles. The van der Waals surface area contributed by atoms with Gasteiger partial charge in [-0.2, -0.15) is 8.42 Å². The van der Waals surface area contributed by atoms with Gasteiger partial charge in [0.2, 0.25) is 0 Å². The van der Waals surface area contributed by atoms with E-state index in [4.69, 9.17) is 0 Å². The van der Waals surface area contributed by atoms with Gasteiger partial charge in [-0.25, -0.2) is 0 Å². The molecule has 0 spiro atoms. The predicted octanol–water partition coefficient (Wildman–Crippen LogP) is 1.59. The second kappa shape index (κ2) is 4.67. The minimum Gasteiger partial charge on any atom is -0.392 e. The summed E-state index contributed by atoms with van der Waals surface area (Å²) < 4.78 is 24.6. The molecular weight excluding hydrogens is 188 g/mol. The Morgan fingerprint density at radius 3 is 2.46 bits per heavy atom. The van der Waals surface area contributed by atoms with E-state index in [0.29, 0.717) is 0 Å². The molecule has 1 rings (SSSR count). The third-order valence-corrected chi connectivity index (χ3v) is 1.82. The van der Waals surface area contributed by atoms with Gasteiger partial charge in [0.1, 0.15) is 6.26 Å². The zero-order valence-corrected chi connectivity index (χ0v) is 8.03. The van der Waals surface area contributed by atoms with E-state index in [1.807, 2.05) is 30.3 Å². The third kappa shape index (κ3) is 3.29. The van der Waals surface area contributed by atoms with Crippen LogP contribution in [0.1, 0.15) is 12.5 Å². The van der Waals surface area contributed by atoms with Crippen LogP contribution in [0.4, 0.5) is 0 Å². The first kappa shape index (κ1) is 9.80. The van der Waals surface area contributed by atoms with Gasteiger partial charge in [0.05, 0.1) is 0 Å². The summed E-state index contributed by atoms with van der Waals surface area (Å²) in [5, 5.41) is 0. The van der Waals surface area contributed by atoms with Crippen molar-refractivity contribution in [2.75, 3.05) is 0 Å². The molecule has 70 valence electrons. The maximum Gasteiger partial charge on any atom is 0.298 e. The molecule has 1 aromatic carbocycles. The Kier molecular flexibility index (Phi) is 3.52. The minimum absolute atomic E-state index is 0.778. The second-order valence-electron chi connectivity index (χ2n) is 2.50. The number of thiol groups is 1. The van der Waals surface area contributed by atoms with Crippen LogP contribution in [0.2, 0.25) is 0 Å². The van der Waals surface area contributed by atoms with E-state index in [1.54, 1.807) is 6.92 Å². The summed E-state index contributed by atoms with van der Waals surface area (Å²) in [7, 11) is -2.80. The standard InChI is InChI=1S/C9H10O3S/c1-8(7-12-13(10)11)9-5-3-2-4-6-9/h2-7,13H,1H3. The molecule has 0 saturated heterocycles. The molecule has 0 amide bonds. The van der Waals surface area contributed by atoms with Crippen LogP contribution in [0.3, 0.4) is 0 Å². The fourth-order valence-corrected chi connectivity index (χ4v) is 1.14. The summed E-state index contributed by atoms with van der Waals surface area (Å²) in [6.45, 7) is 1.79. The molecule has 0 saturated carbocycles. The van der Waals surface area contributed by atoms with E-state index in [-0.39, 0.29) is 0 Å². The molecule has 0 radical (unpaired) electrons. The molecule has 0 aliphatic carbocycles. The van der Waals surface area contributed by atoms with Crippen molar-refractivity contribution in [3.8, 4) is 0 Å². The Morgan fingerprint density at radius 1 is 1.31 bits per heavy atom. The Hall–Kier alpha value is -1.29. The maximum atomic E-state index is 10.1. The zero-order chi connectivity index (χ0) is 9.68. The Bertz CT molecular complexity index is 358. The van der Waals surface area contributed by atoms with Gasteiger partial charge in [-0.05, 0) is 18.1 Å². The topological polar surface area (TPSA) is 43.4 Å². The normalized spacial score (nSPS) is 11.7. The average molecular weight is 198 g/mol. The van der Waals surface area contributed by atoms with Crippen molar-refractivity contribution in [1.29, 1.82) is 0 Å². The van der Waals surface area contributed by atoms with Gasteiger partial charge in [-0.1, -0.05) is 30.3 Å². The Morgan fingerprint density at radius 2 is 1.92 bits per heavy atom. The van der Waals surface area contributed by atoms with Crippen LogP contribution >= 0.6 is 0 Å². The van der Waals surface area contributed by atoms with E-state index in [1.165, 1.54) is 6.26 Å². The summed E-state index contributed by atoms with van der Waals surface area (Å²) >= 11 is 0. The summed E-state index contributed by atoms with van der Waals surface area (Å²) in [5.41, 5.74) is 1.72. The van der Waals surface area contributed by atoms with E-state index < -0.39 is 11.0 Å². The molecule has 0 atom stereocenters. The molecule has 0 unspecified atom stereocenters. The van der Waals surface area contributed by atoms with Crippen LogP contribution < -0.4 is 0 Å².